The lowest BCUT2D eigenvalue weighted by molar-refractivity contribution is -0.133. The van der Waals surface area contributed by atoms with Crippen molar-refractivity contribution < 1.29 is 14.4 Å². The highest BCUT2D eigenvalue weighted by atomic mass is 35.5. The zero-order valence-electron chi connectivity index (χ0n) is 9.46. The van der Waals surface area contributed by atoms with Crippen molar-refractivity contribution in [1.82, 2.24) is 10.3 Å². The van der Waals surface area contributed by atoms with Crippen LogP contribution in [0.4, 0.5) is 10.5 Å². The second-order valence-electron chi connectivity index (χ2n) is 3.73. The van der Waals surface area contributed by atoms with Gasteiger partial charge in [0.1, 0.15) is 0 Å². The van der Waals surface area contributed by atoms with Gasteiger partial charge >= 0.3 is 6.03 Å². The number of hydrazine groups is 1. The molecule has 2 rings (SSSR count). The van der Waals surface area contributed by atoms with Gasteiger partial charge in [0.15, 0.2) is 0 Å². The van der Waals surface area contributed by atoms with Crippen molar-refractivity contribution in [2.45, 2.75) is 6.04 Å². The molecule has 0 spiro atoms. The number of para-hydroxylation sites is 1. The van der Waals surface area contributed by atoms with Crippen molar-refractivity contribution >= 4 is 34.5 Å². The summed E-state index contributed by atoms with van der Waals surface area (Å²) in [6.07, 6.45) is 0. The zero-order chi connectivity index (χ0) is 13.3. The molecule has 1 aliphatic heterocycles. The number of benzene rings is 1. The smallest absolute Gasteiger partial charge is 0.278 e. The predicted octanol–water partition coefficient (Wildman–Crippen LogP) is 0.724. The number of likely N-dealkylation sites (N-methyl/N-ethyl adjacent to an activating group) is 1. The molecule has 1 aromatic carbocycles. The van der Waals surface area contributed by atoms with Crippen LogP contribution in [0.3, 0.4) is 0 Å². The lowest BCUT2D eigenvalue weighted by Crippen LogP contribution is -2.66. The maximum atomic E-state index is 11.9. The first-order valence-electron chi connectivity index (χ1n) is 5.14. The summed E-state index contributed by atoms with van der Waals surface area (Å²) in [7, 11) is 1.28. The molecule has 3 amide bonds. The normalized spacial score (nSPS) is 19.8. The first-order valence-corrected chi connectivity index (χ1v) is 5.52. The van der Waals surface area contributed by atoms with Gasteiger partial charge in [-0.05, 0) is 23.7 Å². The molecule has 6 nitrogen and oxygen atoms in total. The van der Waals surface area contributed by atoms with Crippen molar-refractivity contribution in [3.63, 3.8) is 0 Å². The topological polar surface area (TPSA) is 69.7 Å². The Morgan fingerprint density at radius 2 is 1.89 bits per heavy atom. The lowest BCUT2D eigenvalue weighted by Gasteiger charge is -2.37. The van der Waals surface area contributed by atoms with Crippen LogP contribution < -0.4 is 10.4 Å². The number of nitrogens with one attached hydrogen (secondary N) is 1. The van der Waals surface area contributed by atoms with Crippen LogP contribution in [0, 0.1) is 0 Å². The van der Waals surface area contributed by atoms with E-state index in [2.05, 4.69) is 5.43 Å². The summed E-state index contributed by atoms with van der Waals surface area (Å²) in [6.45, 7) is 0. The highest BCUT2D eigenvalue weighted by Crippen LogP contribution is 2.20. The Morgan fingerprint density at radius 3 is 2.44 bits per heavy atom. The molecule has 7 heteroatoms. The quantitative estimate of drug-likeness (QED) is 0.633. The van der Waals surface area contributed by atoms with E-state index in [1.165, 1.54) is 12.1 Å². The molecule has 0 aromatic heterocycles. The van der Waals surface area contributed by atoms with Crippen LogP contribution in [0.15, 0.2) is 30.3 Å². The third-order valence-corrected chi connectivity index (χ3v) is 2.80. The number of halogens is 1. The van der Waals surface area contributed by atoms with E-state index < -0.39 is 23.2 Å². The van der Waals surface area contributed by atoms with Crippen LogP contribution in [0.2, 0.25) is 0 Å². The molecule has 0 radical (unpaired) electrons. The number of amides is 3. The van der Waals surface area contributed by atoms with Gasteiger partial charge < -0.3 is 0 Å². The third-order valence-electron chi connectivity index (χ3n) is 2.59. The van der Waals surface area contributed by atoms with Crippen molar-refractivity contribution in [2.75, 3.05) is 12.1 Å². The Bertz CT molecular complexity index is 506. The fraction of sp³-hybridized carbons (Fsp3) is 0.182. The number of imide groups is 1. The standard InChI is InChI=1S/C11H10ClN3O3/c1-14-10(17)8(9(12)16)15(13-11(14)18)7-5-3-2-4-6-7/h2-6,8H,1H3,(H,13,18). The van der Waals surface area contributed by atoms with Crippen LogP contribution >= 0.6 is 11.6 Å². The minimum absolute atomic E-state index is 0.506. The Balaban J connectivity index is 2.41. The summed E-state index contributed by atoms with van der Waals surface area (Å²) in [5, 5.41) is 0.315. The predicted molar refractivity (Wildman–Crippen MR) is 64.9 cm³/mol. The molecule has 94 valence electrons. The minimum Gasteiger partial charge on any atom is -0.278 e. The summed E-state index contributed by atoms with van der Waals surface area (Å²) < 4.78 is 0. The number of hydrogen-bond donors (Lipinski definition) is 1. The molecule has 1 unspecified atom stereocenters. The number of anilines is 1. The molecule has 0 saturated carbocycles. The van der Waals surface area contributed by atoms with Gasteiger partial charge in [-0.3, -0.25) is 19.5 Å². The second kappa shape index (κ2) is 4.66. The molecule has 1 aromatic rings. The molecular formula is C11H10ClN3O3. The van der Waals surface area contributed by atoms with Crippen LogP contribution in [0.1, 0.15) is 0 Å². The van der Waals surface area contributed by atoms with E-state index in [1.54, 1.807) is 30.3 Å². The van der Waals surface area contributed by atoms with Crippen molar-refractivity contribution in [2.24, 2.45) is 0 Å². The number of rotatable bonds is 2. The van der Waals surface area contributed by atoms with Crippen molar-refractivity contribution in [1.29, 1.82) is 0 Å². The fourth-order valence-corrected chi connectivity index (χ4v) is 1.83. The zero-order valence-corrected chi connectivity index (χ0v) is 10.2. The SMILES string of the molecule is CN1C(=O)NN(c2ccccc2)C(C(=O)Cl)C1=O. The molecule has 1 atom stereocenters. The van der Waals surface area contributed by atoms with E-state index in [-0.39, 0.29) is 0 Å². The number of carbonyl (C=O) groups is 3. The van der Waals surface area contributed by atoms with Gasteiger partial charge in [-0.2, -0.15) is 0 Å². The van der Waals surface area contributed by atoms with Gasteiger partial charge in [0.05, 0.1) is 5.69 Å². The molecule has 0 bridgehead atoms. The Kier molecular flexibility index (Phi) is 3.20. The van der Waals surface area contributed by atoms with E-state index in [4.69, 9.17) is 11.6 Å². The summed E-state index contributed by atoms with van der Waals surface area (Å²) >= 11 is 5.43. The molecule has 1 N–H and O–H groups in total. The number of hydrogen-bond acceptors (Lipinski definition) is 4. The molecule has 1 saturated heterocycles. The maximum absolute atomic E-state index is 11.9. The molecule has 0 aliphatic carbocycles. The van der Waals surface area contributed by atoms with Crippen LogP contribution in [-0.4, -0.2) is 35.2 Å². The van der Waals surface area contributed by atoms with Gasteiger partial charge in [0.25, 0.3) is 11.1 Å². The minimum atomic E-state index is -1.25. The van der Waals surface area contributed by atoms with Crippen molar-refractivity contribution in [3.8, 4) is 0 Å². The average Bonchev–Trinajstić information content (AvgIpc) is 2.36. The molecule has 1 aliphatic rings. The highest BCUT2D eigenvalue weighted by molar-refractivity contribution is 6.67. The van der Waals surface area contributed by atoms with Gasteiger partial charge in [-0.1, -0.05) is 18.2 Å². The van der Waals surface area contributed by atoms with E-state index in [9.17, 15) is 14.4 Å². The summed E-state index contributed by atoms with van der Waals surface area (Å²) in [4.78, 5) is 35.6. The third kappa shape index (κ3) is 2.02. The maximum Gasteiger partial charge on any atom is 0.342 e. The number of nitrogens with zero attached hydrogens (tertiary/aromatic N) is 2. The molecular weight excluding hydrogens is 258 g/mol. The monoisotopic (exact) mass is 267 g/mol. The van der Waals surface area contributed by atoms with Crippen LogP contribution in [-0.2, 0) is 9.59 Å². The molecule has 1 fully saturated rings. The van der Waals surface area contributed by atoms with Gasteiger partial charge in [-0.25, -0.2) is 10.2 Å². The van der Waals surface area contributed by atoms with E-state index in [0.717, 1.165) is 4.90 Å². The number of urea groups is 1. The van der Waals surface area contributed by atoms with E-state index in [1.807, 2.05) is 0 Å². The Labute approximate surface area is 108 Å². The Hall–Kier alpha value is -2.08. The summed E-state index contributed by atoms with van der Waals surface area (Å²) in [6, 6.07) is 6.67. The lowest BCUT2D eigenvalue weighted by atomic mass is 10.2. The van der Waals surface area contributed by atoms with Crippen LogP contribution in [0.5, 0.6) is 0 Å². The van der Waals surface area contributed by atoms with E-state index >= 15 is 0 Å². The largest absolute Gasteiger partial charge is 0.342 e. The summed E-state index contributed by atoms with van der Waals surface area (Å²) in [5.74, 6) is -0.664. The van der Waals surface area contributed by atoms with E-state index in [0.29, 0.717) is 5.69 Å². The first kappa shape index (κ1) is 12.4. The van der Waals surface area contributed by atoms with Crippen molar-refractivity contribution in [3.05, 3.63) is 30.3 Å². The Morgan fingerprint density at radius 1 is 1.28 bits per heavy atom. The molecule has 1 heterocycles. The fourth-order valence-electron chi connectivity index (χ4n) is 1.64. The number of carbonyl (C=O) groups excluding carboxylic acids is 3. The highest BCUT2D eigenvalue weighted by Gasteiger charge is 2.41. The van der Waals surface area contributed by atoms with Gasteiger partial charge in [-0.15, -0.1) is 0 Å². The van der Waals surface area contributed by atoms with Gasteiger partial charge in [0.2, 0.25) is 6.04 Å². The van der Waals surface area contributed by atoms with Crippen LogP contribution in [0.25, 0.3) is 0 Å². The summed E-state index contributed by atoms with van der Waals surface area (Å²) in [5.41, 5.74) is 2.94. The van der Waals surface area contributed by atoms with Gasteiger partial charge in [0, 0.05) is 7.05 Å². The second-order valence-corrected chi connectivity index (χ2v) is 4.10. The molecule has 18 heavy (non-hydrogen) atoms. The average molecular weight is 268 g/mol. The first-order chi connectivity index (χ1) is 8.52.